The third-order valence-electron chi connectivity index (χ3n) is 1.76. The van der Waals surface area contributed by atoms with Gasteiger partial charge < -0.3 is 0 Å². The number of aromatic nitrogens is 2. The largest absolute Gasteiger partial charge is 0.242 e. The number of nitrogens with zero attached hydrogens (tertiary/aromatic N) is 2. The zero-order valence-corrected chi connectivity index (χ0v) is 7.04. The van der Waals surface area contributed by atoms with Crippen LogP contribution in [0.4, 0.5) is 0 Å². The second kappa shape index (κ2) is 2.94. The van der Waals surface area contributed by atoms with E-state index in [2.05, 4.69) is 21.8 Å². The highest BCUT2D eigenvalue weighted by atomic mass is 14.9. The van der Waals surface area contributed by atoms with Gasteiger partial charge in [-0.2, -0.15) is 0 Å². The molecule has 0 unspecified atom stereocenters. The highest BCUT2D eigenvalue weighted by molar-refractivity contribution is 5.28. The second-order valence-corrected chi connectivity index (χ2v) is 3.03. The molecule has 0 atom stereocenters. The van der Waals surface area contributed by atoms with Gasteiger partial charge in [0.25, 0.3) is 0 Å². The van der Waals surface area contributed by atoms with E-state index < -0.39 is 0 Å². The van der Waals surface area contributed by atoms with Crippen molar-refractivity contribution < 1.29 is 0 Å². The van der Waals surface area contributed by atoms with Crippen molar-refractivity contribution in [3.63, 3.8) is 0 Å². The Balaban J connectivity index is 2.18. The predicted octanol–water partition coefficient (Wildman–Crippen LogP) is 1.55. The van der Waals surface area contributed by atoms with Crippen molar-refractivity contribution in [2.45, 2.75) is 19.8 Å². The molecule has 1 aliphatic carbocycles. The van der Waals surface area contributed by atoms with E-state index in [1.807, 2.05) is 13.0 Å². The Morgan fingerprint density at radius 1 is 1.50 bits per heavy atom. The molecule has 1 aromatic rings. The summed E-state index contributed by atoms with van der Waals surface area (Å²) in [5, 5.41) is 0. The average molecular weight is 158 g/mol. The molecule has 0 spiro atoms. The molecule has 1 aromatic heterocycles. The van der Waals surface area contributed by atoms with Crippen LogP contribution in [-0.4, -0.2) is 9.97 Å². The van der Waals surface area contributed by atoms with Crippen molar-refractivity contribution >= 4 is 0 Å². The molecule has 0 aromatic carbocycles. The van der Waals surface area contributed by atoms with Crippen LogP contribution >= 0.6 is 0 Å². The quantitative estimate of drug-likeness (QED) is 0.535. The number of hydrogen-bond acceptors (Lipinski definition) is 2. The van der Waals surface area contributed by atoms with Gasteiger partial charge in [-0.1, -0.05) is 5.92 Å². The minimum atomic E-state index is 0.639. The first-order valence-corrected chi connectivity index (χ1v) is 4.16. The van der Waals surface area contributed by atoms with Gasteiger partial charge in [0.1, 0.15) is 11.5 Å². The van der Waals surface area contributed by atoms with Crippen molar-refractivity contribution in [2.24, 2.45) is 5.92 Å². The molecule has 0 amide bonds. The fourth-order valence-corrected chi connectivity index (χ4v) is 0.929. The summed E-state index contributed by atoms with van der Waals surface area (Å²) in [4.78, 5) is 8.19. The maximum absolute atomic E-state index is 4.19. The molecule has 0 N–H and O–H groups in total. The van der Waals surface area contributed by atoms with Crippen LogP contribution in [0.3, 0.4) is 0 Å². The summed E-state index contributed by atoms with van der Waals surface area (Å²) >= 11 is 0. The fourth-order valence-electron chi connectivity index (χ4n) is 0.929. The van der Waals surface area contributed by atoms with Crippen LogP contribution in [0, 0.1) is 24.7 Å². The molecule has 1 saturated carbocycles. The summed E-state index contributed by atoms with van der Waals surface area (Å²) in [6.45, 7) is 1.88. The summed E-state index contributed by atoms with van der Waals surface area (Å²) in [5.74, 6) is 7.63. The molecule has 2 nitrogen and oxygen atoms in total. The lowest BCUT2D eigenvalue weighted by atomic mass is 10.3. The van der Waals surface area contributed by atoms with Gasteiger partial charge in [0.15, 0.2) is 0 Å². The van der Waals surface area contributed by atoms with Crippen molar-refractivity contribution in [1.29, 1.82) is 0 Å². The minimum absolute atomic E-state index is 0.639. The van der Waals surface area contributed by atoms with Gasteiger partial charge in [0.2, 0.25) is 0 Å². The molecule has 0 aliphatic heterocycles. The summed E-state index contributed by atoms with van der Waals surface area (Å²) < 4.78 is 0. The molecule has 1 aliphatic rings. The molecule has 60 valence electrons. The van der Waals surface area contributed by atoms with Crippen LogP contribution in [-0.2, 0) is 0 Å². The zero-order valence-electron chi connectivity index (χ0n) is 7.04. The Morgan fingerprint density at radius 2 is 2.33 bits per heavy atom. The van der Waals surface area contributed by atoms with Crippen molar-refractivity contribution in [2.75, 3.05) is 0 Å². The van der Waals surface area contributed by atoms with Crippen LogP contribution < -0.4 is 0 Å². The summed E-state index contributed by atoms with van der Waals surface area (Å²) in [6, 6.07) is 1.85. The monoisotopic (exact) mass is 158 g/mol. The minimum Gasteiger partial charge on any atom is -0.242 e. The number of rotatable bonds is 0. The van der Waals surface area contributed by atoms with Crippen LogP contribution in [0.15, 0.2) is 12.3 Å². The lowest BCUT2D eigenvalue weighted by Gasteiger charge is -1.89. The molecule has 1 fully saturated rings. The smallest absolute Gasteiger partial charge is 0.126 e. The number of hydrogen-bond donors (Lipinski definition) is 0. The molecule has 12 heavy (non-hydrogen) atoms. The van der Waals surface area contributed by atoms with Gasteiger partial charge in [-0.3, -0.25) is 0 Å². The summed E-state index contributed by atoms with van der Waals surface area (Å²) in [5.41, 5.74) is 0.842. The van der Waals surface area contributed by atoms with E-state index in [1.165, 1.54) is 12.8 Å². The molecule has 2 rings (SSSR count). The summed E-state index contributed by atoms with van der Waals surface area (Å²) in [6.07, 6.45) is 4.27. The molecule has 2 heteroatoms. The highest BCUT2D eigenvalue weighted by Crippen LogP contribution is 2.27. The molecule has 0 saturated heterocycles. The molecular formula is C10H10N2. The van der Waals surface area contributed by atoms with Crippen molar-refractivity contribution in [3.8, 4) is 11.8 Å². The molecular weight excluding hydrogens is 148 g/mol. The van der Waals surface area contributed by atoms with Gasteiger partial charge in [-0.25, -0.2) is 9.97 Å². The van der Waals surface area contributed by atoms with Crippen molar-refractivity contribution in [1.82, 2.24) is 9.97 Å². The lowest BCUT2D eigenvalue weighted by Crippen LogP contribution is -1.88. The van der Waals surface area contributed by atoms with E-state index in [9.17, 15) is 0 Å². The Bertz CT molecular complexity index is 342. The lowest BCUT2D eigenvalue weighted by molar-refractivity contribution is 1.04. The van der Waals surface area contributed by atoms with Gasteiger partial charge in [0, 0.05) is 12.1 Å². The molecule has 0 bridgehead atoms. The second-order valence-electron chi connectivity index (χ2n) is 3.03. The SMILES string of the molecule is Cc1nccc(C#CC2CC2)n1. The normalized spacial score (nSPS) is 15.1. The van der Waals surface area contributed by atoms with Crippen molar-refractivity contribution in [3.05, 3.63) is 23.8 Å². The Morgan fingerprint density at radius 3 is 3.00 bits per heavy atom. The molecule has 0 radical (unpaired) electrons. The topological polar surface area (TPSA) is 25.8 Å². The average Bonchev–Trinajstić information content (AvgIpc) is 2.84. The van der Waals surface area contributed by atoms with Crippen LogP contribution in [0.1, 0.15) is 24.4 Å². The van der Waals surface area contributed by atoms with Crippen LogP contribution in [0.2, 0.25) is 0 Å². The van der Waals surface area contributed by atoms with Crippen LogP contribution in [0.25, 0.3) is 0 Å². The first-order valence-electron chi connectivity index (χ1n) is 4.16. The number of aryl methyl sites for hydroxylation is 1. The maximum Gasteiger partial charge on any atom is 0.126 e. The van der Waals surface area contributed by atoms with E-state index in [4.69, 9.17) is 0 Å². The Labute approximate surface area is 72.1 Å². The van der Waals surface area contributed by atoms with Gasteiger partial charge in [0.05, 0.1) is 0 Å². The first-order chi connectivity index (χ1) is 5.84. The third kappa shape index (κ3) is 1.82. The van der Waals surface area contributed by atoms with Crippen LogP contribution in [0.5, 0.6) is 0 Å². The van der Waals surface area contributed by atoms with E-state index in [0.29, 0.717) is 5.92 Å². The van der Waals surface area contributed by atoms with E-state index in [0.717, 1.165) is 11.5 Å². The van der Waals surface area contributed by atoms with Gasteiger partial charge in [-0.15, -0.1) is 0 Å². The Hall–Kier alpha value is -1.36. The predicted molar refractivity (Wildman–Crippen MR) is 46.4 cm³/mol. The van der Waals surface area contributed by atoms with Gasteiger partial charge >= 0.3 is 0 Å². The summed E-state index contributed by atoms with van der Waals surface area (Å²) in [7, 11) is 0. The van der Waals surface area contributed by atoms with Gasteiger partial charge in [-0.05, 0) is 31.8 Å². The van der Waals surface area contributed by atoms with E-state index >= 15 is 0 Å². The standard InChI is InChI=1S/C10H10N2/c1-8-11-7-6-10(12-8)5-4-9-2-3-9/h6-7,9H,2-3H2,1H3. The fraction of sp³-hybridized carbons (Fsp3) is 0.400. The maximum atomic E-state index is 4.19. The molecule has 1 heterocycles. The first kappa shape index (κ1) is 7.30. The Kier molecular flexibility index (Phi) is 1.79. The third-order valence-corrected chi connectivity index (χ3v) is 1.76. The highest BCUT2D eigenvalue weighted by Gasteiger charge is 2.17. The van der Waals surface area contributed by atoms with E-state index in [-0.39, 0.29) is 0 Å². The van der Waals surface area contributed by atoms with E-state index in [1.54, 1.807) is 6.20 Å². The zero-order chi connectivity index (χ0) is 8.39.